The molecule has 0 spiro atoms. The average molecular weight is 315 g/mol. The maximum Gasteiger partial charge on any atom is 0.160 e. The highest BCUT2D eigenvalue weighted by molar-refractivity contribution is 5.43. The van der Waals surface area contributed by atoms with Crippen LogP contribution in [0.3, 0.4) is 0 Å². The lowest BCUT2D eigenvalue weighted by Gasteiger charge is -2.50. The molecule has 3 fully saturated rings. The number of rotatable bonds is 6. The molecule has 5 nitrogen and oxygen atoms in total. The fourth-order valence-corrected chi connectivity index (χ4v) is 3.90. The number of nitriles is 1. The van der Waals surface area contributed by atoms with E-state index in [1.165, 1.54) is 5.56 Å². The van der Waals surface area contributed by atoms with Crippen LogP contribution >= 0.6 is 0 Å². The molecule has 124 valence electrons. The Kier molecular flexibility index (Phi) is 4.74. The largest absolute Gasteiger partial charge is 0.493 e. The first-order valence-corrected chi connectivity index (χ1v) is 8.30. The number of fused-ring (bicyclic) bond motifs is 3. The van der Waals surface area contributed by atoms with E-state index in [9.17, 15) is 5.26 Å². The molecule has 0 saturated carbocycles. The van der Waals surface area contributed by atoms with Gasteiger partial charge in [0.25, 0.3) is 0 Å². The van der Waals surface area contributed by atoms with E-state index in [-0.39, 0.29) is 5.54 Å². The minimum atomic E-state index is -0.368. The van der Waals surface area contributed by atoms with E-state index in [0.29, 0.717) is 5.92 Å². The number of nitrogens with zero attached hydrogens (tertiary/aromatic N) is 2. The number of nitrogens with one attached hydrogen (secondary N) is 1. The molecular formula is C18H25N3O2. The van der Waals surface area contributed by atoms with E-state index in [1.54, 1.807) is 14.2 Å². The summed E-state index contributed by atoms with van der Waals surface area (Å²) in [5, 5.41) is 13.3. The van der Waals surface area contributed by atoms with E-state index in [1.807, 2.05) is 12.1 Å². The molecule has 0 aliphatic carbocycles. The molecule has 0 unspecified atom stereocenters. The van der Waals surface area contributed by atoms with Crippen molar-refractivity contribution < 1.29 is 9.47 Å². The third-order valence-electron chi connectivity index (χ3n) is 5.26. The van der Waals surface area contributed by atoms with Crippen molar-refractivity contribution in [1.29, 1.82) is 5.26 Å². The van der Waals surface area contributed by atoms with Gasteiger partial charge in [0.05, 0.1) is 20.3 Å². The third-order valence-corrected chi connectivity index (χ3v) is 5.26. The van der Waals surface area contributed by atoms with Gasteiger partial charge in [-0.1, -0.05) is 6.07 Å². The highest BCUT2D eigenvalue weighted by Gasteiger charge is 2.46. The van der Waals surface area contributed by atoms with Gasteiger partial charge in [-0.2, -0.15) is 5.26 Å². The summed E-state index contributed by atoms with van der Waals surface area (Å²) >= 11 is 0. The molecule has 5 heteroatoms. The molecule has 4 rings (SSSR count). The van der Waals surface area contributed by atoms with Crippen molar-refractivity contribution in [2.45, 2.75) is 24.8 Å². The molecule has 1 aromatic carbocycles. The molecule has 0 aromatic heterocycles. The van der Waals surface area contributed by atoms with E-state index in [2.05, 4.69) is 22.4 Å². The SMILES string of the molecule is COc1ccc(CCN[C@]2(C#N)CN3CCC2CC3)cc1OC. The number of benzene rings is 1. The van der Waals surface area contributed by atoms with Crippen LogP contribution in [0.25, 0.3) is 0 Å². The number of methoxy groups -OCH3 is 2. The quantitative estimate of drug-likeness (QED) is 0.868. The molecule has 3 aliphatic heterocycles. The summed E-state index contributed by atoms with van der Waals surface area (Å²) in [5.41, 5.74) is 0.817. The van der Waals surface area contributed by atoms with Crippen molar-refractivity contribution >= 4 is 0 Å². The highest BCUT2D eigenvalue weighted by atomic mass is 16.5. The summed E-state index contributed by atoms with van der Waals surface area (Å²) in [5.74, 6) is 1.99. The molecule has 3 heterocycles. The standard InChI is InChI=1S/C18H25N3O2/c1-22-16-4-3-14(11-17(16)23-2)5-8-20-18(12-19)13-21-9-6-15(18)7-10-21/h3-4,11,15,20H,5-10,13H2,1-2H3/t18-/m1/s1. The molecule has 3 aliphatic rings. The van der Waals surface area contributed by atoms with Gasteiger partial charge < -0.3 is 14.4 Å². The Morgan fingerprint density at radius 3 is 2.57 bits per heavy atom. The van der Waals surface area contributed by atoms with Crippen LogP contribution in [-0.2, 0) is 6.42 Å². The maximum absolute atomic E-state index is 9.74. The number of hydrogen-bond donors (Lipinski definition) is 1. The van der Waals surface area contributed by atoms with Gasteiger partial charge in [-0.25, -0.2) is 0 Å². The van der Waals surface area contributed by atoms with Gasteiger partial charge in [-0.15, -0.1) is 0 Å². The summed E-state index contributed by atoms with van der Waals surface area (Å²) in [6, 6.07) is 8.58. The highest BCUT2D eigenvalue weighted by Crippen LogP contribution is 2.35. The van der Waals surface area contributed by atoms with Crippen molar-refractivity contribution in [1.82, 2.24) is 10.2 Å². The summed E-state index contributed by atoms with van der Waals surface area (Å²) in [4.78, 5) is 2.41. The summed E-state index contributed by atoms with van der Waals surface area (Å²) in [7, 11) is 3.29. The first-order chi connectivity index (χ1) is 11.2. The Hall–Kier alpha value is -1.77. The minimum absolute atomic E-state index is 0.368. The van der Waals surface area contributed by atoms with Crippen molar-refractivity contribution in [2.75, 3.05) is 40.4 Å². The molecule has 1 N–H and O–H groups in total. The van der Waals surface area contributed by atoms with E-state index in [0.717, 1.165) is 56.9 Å². The van der Waals surface area contributed by atoms with Crippen LogP contribution < -0.4 is 14.8 Å². The Bertz CT molecular complexity index is 590. The first kappa shape index (κ1) is 16.1. The first-order valence-electron chi connectivity index (χ1n) is 8.30. The smallest absolute Gasteiger partial charge is 0.160 e. The minimum Gasteiger partial charge on any atom is -0.493 e. The van der Waals surface area contributed by atoms with Crippen LogP contribution in [0.5, 0.6) is 11.5 Å². The Labute approximate surface area is 138 Å². The van der Waals surface area contributed by atoms with Gasteiger partial charge in [0.1, 0.15) is 5.54 Å². The van der Waals surface area contributed by atoms with E-state index in [4.69, 9.17) is 9.47 Å². The lowest BCUT2D eigenvalue weighted by atomic mass is 9.73. The van der Waals surface area contributed by atoms with E-state index >= 15 is 0 Å². The third kappa shape index (κ3) is 3.15. The van der Waals surface area contributed by atoms with Gasteiger partial charge in [0, 0.05) is 13.1 Å². The van der Waals surface area contributed by atoms with Crippen LogP contribution in [-0.4, -0.2) is 50.8 Å². The number of hydrogen-bond acceptors (Lipinski definition) is 5. The lowest BCUT2D eigenvalue weighted by Crippen LogP contribution is -2.65. The predicted molar refractivity (Wildman–Crippen MR) is 88.8 cm³/mol. The topological polar surface area (TPSA) is 57.5 Å². The monoisotopic (exact) mass is 315 g/mol. The fourth-order valence-electron chi connectivity index (χ4n) is 3.90. The molecular weight excluding hydrogens is 290 g/mol. The van der Waals surface area contributed by atoms with Crippen LogP contribution in [0.4, 0.5) is 0 Å². The zero-order valence-electron chi connectivity index (χ0n) is 14.0. The molecule has 0 amide bonds. The van der Waals surface area contributed by atoms with Gasteiger partial charge in [0.15, 0.2) is 11.5 Å². The van der Waals surface area contributed by atoms with Crippen LogP contribution in [0, 0.1) is 17.2 Å². The maximum atomic E-state index is 9.74. The van der Waals surface area contributed by atoms with Gasteiger partial charge in [-0.3, -0.25) is 5.32 Å². The number of piperidine rings is 3. The molecule has 23 heavy (non-hydrogen) atoms. The van der Waals surface area contributed by atoms with Gasteiger partial charge in [-0.05, 0) is 56.0 Å². The summed E-state index contributed by atoms with van der Waals surface area (Å²) in [6.45, 7) is 3.95. The lowest BCUT2D eigenvalue weighted by molar-refractivity contribution is 0.0374. The Balaban J connectivity index is 1.62. The Morgan fingerprint density at radius 1 is 1.26 bits per heavy atom. The second-order valence-electron chi connectivity index (χ2n) is 6.50. The van der Waals surface area contributed by atoms with Gasteiger partial charge >= 0.3 is 0 Å². The van der Waals surface area contributed by atoms with Crippen molar-refractivity contribution in [3.63, 3.8) is 0 Å². The van der Waals surface area contributed by atoms with Crippen LogP contribution in [0.1, 0.15) is 18.4 Å². The fraction of sp³-hybridized carbons (Fsp3) is 0.611. The molecule has 2 bridgehead atoms. The molecule has 1 atom stereocenters. The number of ether oxygens (including phenoxy) is 2. The summed E-state index contributed by atoms with van der Waals surface area (Å²) in [6.07, 6.45) is 3.14. The normalized spacial score (nSPS) is 29.1. The molecule has 1 aromatic rings. The second kappa shape index (κ2) is 6.77. The zero-order valence-corrected chi connectivity index (χ0v) is 14.0. The molecule has 3 saturated heterocycles. The second-order valence-corrected chi connectivity index (χ2v) is 6.50. The van der Waals surface area contributed by atoms with E-state index < -0.39 is 0 Å². The van der Waals surface area contributed by atoms with Crippen molar-refractivity contribution in [3.05, 3.63) is 23.8 Å². The predicted octanol–water partition coefficient (Wildman–Crippen LogP) is 1.82. The average Bonchev–Trinajstić information content (AvgIpc) is 2.62. The van der Waals surface area contributed by atoms with Crippen LogP contribution in [0.15, 0.2) is 18.2 Å². The Morgan fingerprint density at radius 2 is 2.00 bits per heavy atom. The molecule has 0 radical (unpaired) electrons. The van der Waals surface area contributed by atoms with Gasteiger partial charge in [0.2, 0.25) is 0 Å². The zero-order chi connectivity index (χ0) is 16.3. The summed E-state index contributed by atoms with van der Waals surface area (Å²) < 4.78 is 10.6. The van der Waals surface area contributed by atoms with Crippen LogP contribution in [0.2, 0.25) is 0 Å². The van der Waals surface area contributed by atoms with Crippen molar-refractivity contribution in [3.8, 4) is 17.6 Å². The van der Waals surface area contributed by atoms with Crippen molar-refractivity contribution in [2.24, 2.45) is 5.92 Å².